The van der Waals surface area contributed by atoms with Crippen molar-refractivity contribution in [3.8, 4) is 5.75 Å². The van der Waals surface area contributed by atoms with Gasteiger partial charge in [-0.2, -0.15) is 0 Å². The van der Waals surface area contributed by atoms with Gasteiger partial charge >= 0.3 is 12.0 Å². The summed E-state index contributed by atoms with van der Waals surface area (Å²) in [6, 6.07) is 4.33. The predicted octanol–water partition coefficient (Wildman–Crippen LogP) is 1.93. The van der Waals surface area contributed by atoms with Crippen molar-refractivity contribution in [3.63, 3.8) is 0 Å². The number of fused-ring (bicyclic) bond motifs is 4. The van der Waals surface area contributed by atoms with E-state index in [-0.39, 0.29) is 6.03 Å². The maximum atomic E-state index is 12.2. The first-order valence-electron chi connectivity index (χ1n) is 6.49. The molecule has 3 atom stereocenters. The van der Waals surface area contributed by atoms with E-state index in [1.54, 1.807) is 32.2 Å². The highest BCUT2D eigenvalue weighted by Crippen LogP contribution is 2.50. The summed E-state index contributed by atoms with van der Waals surface area (Å²) in [5.74, 6) is -0.612. The number of hydrogen-bond acceptors (Lipinski definition) is 4. The Hall–Kier alpha value is -1.95. The van der Waals surface area contributed by atoms with Crippen LogP contribution in [0.4, 0.5) is 4.79 Å². The lowest BCUT2D eigenvalue weighted by Crippen LogP contribution is -2.70. The van der Waals surface area contributed by atoms with Gasteiger partial charge in [-0.15, -0.1) is 0 Å². The number of benzene rings is 1. The molecule has 1 aromatic carbocycles. The Morgan fingerprint density at radius 2 is 2.24 bits per heavy atom. The van der Waals surface area contributed by atoms with E-state index in [1.807, 2.05) is 0 Å². The highest BCUT2D eigenvalue weighted by atomic mass is 35.5. The first-order chi connectivity index (χ1) is 9.90. The van der Waals surface area contributed by atoms with Crippen LogP contribution in [0.3, 0.4) is 0 Å². The molecule has 2 aliphatic heterocycles. The van der Waals surface area contributed by atoms with E-state index in [2.05, 4.69) is 5.32 Å². The molecular formula is C14H15ClN2O4. The molecule has 0 radical (unpaired) electrons. The Kier molecular flexibility index (Phi) is 3.02. The molecule has 0 aliphatic carbocycles. The van der Waals surface area contributed by atoms with Crippen LogP contribution in [0, 0.1) is 5.92 Å². The minimum absolute atomic E-state index is 0.326. The fourth-order valence-electron chi connectivity index (χ4n) is 3.02. The van der Waals surface area contributed by atoms with Crippen LogP contribution in [-0.4, -0.2) is 36.8 Å². The molecule has 2 amide bonds. The molecule has 2 aliphatic rings. The molecule has 7 heteroatoms. The van der Waals surface area contributed by atoms with Gasteiger partial charge in [0.1, 0.15) is 11.7 Å². The zero-order chi connectivity index (χ0) is 15.4. The number of rotatable bonds is 1. The van der Waals surface area contributed by atoms with Gasteiger partial charge in [0.25, 0.3) is 0 Å². The number of esters is 1. The minimum Gasteiger partial charge on any atom is -0.469 e. The number of hydrogen-bond donors (Lipinski definition) is 1. The Balaban J connectivity index is 2.22. The van der Waals surface area contributed by atoms with Gasteiger partial charge in [0, 0.05) is 17.6 Å². The molecule has 1 saturated heterocycles. The minimum atomic E-state index is -1.13. The number of halogens is 1. The van der Waals surface area contributed by atoms with Crippen LogP contribution in [-0.2, 0) is 9.53 Å². The van der Waals surface area contributed by atoms with Crippen molar-refractivity contribution in [2.45, 2.75) is 18.7 Å². The molecule has 21 heavy (non-hydrogen) atoms. The molecule has 2 heterocycles. The molecule has 1 fully saturated rings. The number of amides is 2. The summed E-state index contributed by atoms with van der Waals surface area (Å²) in [6.07, 6.45) is 0. The number of ether oxygens (including phenoxy) is 2. The maximum absolute atomic E-state index is 12.2. The molecule has 0 aromatic heterocycles. The monoisotopic (exact) mass is 310 g/mol. The molecule has 6 nitrogen and oxygen atoms in total. The van der Waals surface area contributed by atoms with Crippen LogP contribution in [0.25, 0.3) is 0 Å². The summed E-state index contributed by atoms with van der Waals surface area (Å²) in [6.45, 7) is 1.70. The third-order valence-electron chi connectivity index (χ3n) is 4.26. The fourth-order valence-corrected chi connectivity index (χ4v) is 3.30. The van der Waals surface area contributed by atoms with Crippen LogP contribution >= 0.6 is 11.6 Å². The van der Waals surface area contributed by atoms with Crippen molar-refractivity contribution in [2.75, 3.05) is 14.2 Å². The van der Waals surface area contributed by atoms with Crippen LogP contribution in [0.5, 0.6) is 5.75 Å². The quantitative estimate of drug-likeness (QED) is 0.805. The molecule has 1 N–H and O–H groups in total. The highest BCUT2D eigenvalue weighted by molar-refractivity contribution is 6.31. The molecule has 0 saturated carbocycles. The van der Waals surface area contributed by atoms with Gasteiger partial charge in [0.05, 0.1) is 13.2 Å². The molecular weight excluding hydrogens is 296 g/mol. The SMILES string of the molecule is COC(=O)C1C2NC(=O)N(C)C1(C)Oc1cccc(Cl)c12. The number of methoxy groups -OCH3 is 1. The zero-order valence-corrected chi connectivity index (χ0v) is 12.6. The number of carbonyl (C=O) groups excluding carboxylic acids is 2. The molecule has 0 spiro atoms. The van der Waals surface area contributed by atoms with E-state index in [4.69, 9.17) is 21.1 Å². The van der Waals surface area contributed by atoms with Gasteiger partial charge in [-0.1, -0.05) is 17.7 Å². The highest BCUT2D eigenvalue weighted by Gasteiger charge is 2.59. The lowest BCUT2D eigenvalue weighted by atomic mass is 9.79. The number of nitrogens with zero attached hydrogens (tertiary/aromatic N) is 1. The predicted molar refractivity (Wildman–Crippen MR) is 75.0 cm³/mol. The average molecular weight is 311 g/mol. The van der Waals surface area contributed by atoms with E-state index in [9.17, 15) is 9.59 Å². The Morgan fingerprint density at radius 1 is 1.52 bits per heavy atom. The van der Waals surface area contributed by atoms with Crippen molar-refractivity contribution >= 4 is 23.6 Å². The van der Waals surface area contributed by atoms with E-state index >= 15 is 0 Å². The number of nitrogens with one attached hydrogen (secondary N) is 1. The van der Waals surface area contributed by atoms with Crippen molar-refractivity contribution in [1.29, 1.82) is 0 Å². The smallest absolute Gasteiger partial charge is 0.320 e. The lowest BCUT2D eigenvalue weighted by Gasteiger charge is -2.53. The van der Waals surface area contributed by atoms with Crippen LogP contribution in [0.2, 0.25) is 5.02 Å². The Bertz CT molecular complexity index is 635. The van der Waals surface area contributed by atoms with E-state index in [0.29, 0.717) is 16.3 Å². The third-order valence-corrected chi connectivity index (χ3v) is 4.59. The van der Waals surface area contributed by atoms with Gasteiger partial charge in [0.2, 0.25) is 0 Å². The van der Waals surface area contributed by atoms with Crippen molar-refractivity contribution in [2.24, 2.45) is 5.92 Å². The van der Waals surface area contributed by atoms with E-state index in [0.717, 1.165) is 0 Å². The normalized spacial score (nSPS) is 30.1. The van der Waals surface area contributed by atoms with Crippen LogP contribution in [0.1, 0.15) is 18.5 Å². The van der Waals surface area contributed by atoms with Crippen molar-refractivity contribution in [1.82, 2.24) is 10.2 Å². The molecule has 112 valence electrons. The Labute approximate surface area is 127 Å². The molecule has 1 aromatic rings. The summed E-state index contributed by atoms with van der Waals surface area (Å²) >= 11 is 6.23. The topological polar surface area (TPSA) is 67.9 Å². The first kappa shape index (κ1) is 14.0. The summed E-state index contributed by atoms with van der Waals surface area (Å²) in [7, 11) is 2.89. The molecule has 3 unspecified atom stereocenters. The molecule has 3 rings (SSSR count). The summed E-state index contributed by atoms with van der Waals surface area (Å²) in [5, 5.41) is 3.25. The van der Waals surface area contributed by atoms with Crippen molar-refractivity contribution in [3.05, 3.63) is 28.8 Å². The van der Waals surface area contributed by atoms with Crippen molar-refractivity contribution < 1.29 is 19.1 Å². The summed E-state index contributed by atoms with van der Waals surface area (Å²) < 4.78 is 10.9. The third kappa shape index (κ3) is 1.78. The second-order valence-corrected chi connectivity index (χ2v) is 5.70. The second kappa shape index (κ2) is 4.53. The summed E-state index contributed by atoms with van der Waals surface area (Å²) in [5.41, 5.74) is -0.522. The first-order valence-corrected chi connectivity index (χ1v) is 6.87. The van der Waals surface area contributed by atoms with Crippen LogP contribution in [0.15, 0.2) is 18.2 Å². The maximum Gasteiger partial charge on any atom is 0.320 e. The second-order valence-electron chi connectivity index (χ2n) is 5.30. The van der Waals surface area contributed by atoms with Gasteiger partial charge in [-0.05, 0) is 19.1 Å². The zero-order valence-electron chi connectivity index (χ0n) is 11.8. The van der Waals surface area contributed by atoms with Crippen LogP contribution < -0.4 is 10.1 Å². The number of carbonyl (C=O) groups is 2. The van der Waals surface area contributed by atoms with E-state index in [1.165, 1.54) is 12.0 Å². The Morgan fingerprint density at radius 3 is 2.90 bits per heavy atom. The average Bonchev–Trinajstić information content (AvgIpc) is 2.44. The summed E-state index contributed by atoms with van der Waals surface area (Å²) in [4.78, 5) is 25.7. The van der Waals surface area contributed by atoms with Gasteiger partial charge in [0.15, 0.2) is 5.72 Å². The lowest BCUT2D eigenvalue weighted by molar-refractivity contribution is -0.173. The van der Waals surface area contributed by atoms with Gasteiger partial charge in [-0.3, -0.25) is 9.69 Å². The standard InChI is InChI=1S/C14H15ClN2O4/c1-14-10(12(18)20-3)11(16-13(19)17(14)2)9-7(15)5-4-6-8(9)21-14/h4-6,10-11H,1-3H3,(H,16,19). The largest absolute Gasteiger partial charge is 0.469 e. The van der Waals surface area contributed by atoms with E-state index < -0.39 is 23.7 Å². The number of urea groups is 1. The van der Waals surface area contributed by atoms with Gasteiger partial charge < -0.3 is 14.8 Å². The molecule has 2 bridgehead atoms. The van der Waals surface area contributed by atoms with Gasteiger partial charge in [-0.25, -0.2) is 4.79 Å². The fraction of sp³-hybridized carbons (Fsp3) is 0.429.